The molecule has 0 heterocycles. The van der Waals surface area contributed by atoms with Gasteiger partial charge in [0.05, 0.1) is 11.4 Å². The summed E-state index contributed by atoms with van der Waals surface area (Å²) < 4.78 is 4.57. The predicted octanol–water partition coefficient (Wildman–Crippen LogP) is 2.48. The smallest absolute Gasteiger partial charge is 0.236 e. The second kappa shape index (κ2) is 5.34. The maximum absolute atomic E-state index is 11.6. The van der Waals surface area contributed by atoms with E-state index in [4.69, 9.17) is 4.74 Å². The Morgan fingerprint density at radius 3 is 2.75 bits per heavy atom. The number of hydrogen-bond donors (Lipinski definition) is 1. The molecule has 0 radical (unpaired) electrons. The number of benzene rings is 1. The summed E-state index contributed by atoms with van der Waals surface area (Å²) in [5.41, 5.74) is 1.02. The van der Waals surface area contributed by atoms with Crippen LogP contribution in [0.2, 0.25) is 0 Å². The fraction of sp³-hybridized carbons (Fsp3) is 0.417. The van der Waals surface area contributed by atoms with Gasteiger partial charge in [0.15, 0.2) is 0 Å². The van der Waals surface area contributed by atoms with Crippen LogP contribution in [0.25, 0.3) is 0 Å². The Morgan fingerprint density at radius 1 is 1.50 bits per heavy atom. The summed E-state index contributed by atoms with van der Waals surface area (Å²) in [7, 11) is 1.62. The Balaban J connectivity index is 2.58. The van der Waals surface area contributed by atoms with Crippen molar-refractivity contribution in [1.82, 2.24) is 5.32 Å². The zero-order valence-electron chi connectivity index (χ0n) is 9.71. The molecule has 1 N–H and O–H groups in total. The number of hydrogen-bond acceptors (Lipinski definition) is 2. The van der Waals surface area contributed by atoms with E-state index in [0.717, 1.165) is 11.3 Å². The van der Waals surface area contributed by atoms with Crippen LogP contribution in [0.1, 0.15) is 19.4 Å². The van der Waals surface area contributed by atoms with Gasteiger partial charge in [-0.1, -0.05) is 28.1 Å². The largest absolute Gasteiger partial charge is 0.497 e. The molecule has 0 aromatic heterocycles. The normalized spacial score (nSPS) is 11.0. The molecule has 1 aromatic carbocycles. The Kier molecular flexibility index (Phi) is 4.35. The van der Waals surface area contributed by atoms with Crippen molar-refractivity contribution in [1.29, 1.82) is 0 Å². The molecule has 0 saturated heterocycles. The van der Waals surface area contributed by atoms with Crippen molar-refractivity contribution in [2.75, 3.05) is 7.11 Å². The van der Waals surface area contributed by atoms with Crippen molar-refractivity contribution < 1.29 is 9.53 Å². The summed E-state index contributed by atoms with van der Waals surface area (Å²) in [6.07, 6.45) is 0. The number of ether oxygens (including phenoxy) is 1. The van der Waals surface area contributed by atoms with E-state index in [1.807, 2.05) is 38.1 Å². The second-order valence-electron chi connectivity index (χ2n) is 4.01. The molecule has 1 rings (SSSR count). The molecule has 0 aliphatic heterocycles. The van der Waals surface area contributed by atoms with E-state index in [1.165, 1.54) is 0 Å². The standard InChI is InChI=1S/C12H16BrNO2/c1-12(2,13)11(15)14-8-9-5-4-6-10(7-9)16-3/h4-7H,8H2,1-3H3,(H,14,15). The molecule has 3 nitrogen and oxygen atoms in total. The van der Waals surface area contributed by atoms with E-state index in [2.05, 4.69) is 21.2 Å². The number of methoxy groups -OCH3 is 1. The van der Waals surface area contributed by atoms with Gasteiger partial charge in [0.1, 0.15) is 5.75 Å². The highest BCUT2D eigenvalue weighted by atomic mass is 79.9. The van der Waals surface area contributed by atoms with Gasteiger partial charge in [-0.15, -0.1) is 0 Å². The quantitative estimate of drug-likeness (QED) is 0.864. The number of halogens is 1. The second-order valence-corrected chi connectivity index (χ2v) is 5.99. The Labute approximate surface area is 104 Å². The summed E-state index contributed by atoms with van der Waals surface area (Å²) in [4.78, 5) is 11.6. The topological polar surface area (TPSA) is 38.3 Å². The van der Waals surface area contributed by atoms with Crippen molar-refractivity contribution in [3.8, 4) is 5.75 Å². The van der Waals surface area contributed by atoms with Crippen LogP contribution in [0.5, 0.6) is 5.75 Å². The van der Waals surface area contributed by atoms with Gasteiger partial charge in [0, 0.05) is 6.54 Å². The van der Waals surface area contributed by atoms with Gasteiger partial charge in [-0.3, -0.25) is 4.79 Å². The SMILES string of the molecule is COc1cccc(CNC(=O)C(C)(C)Br)c1. The summed E-state index contributed by atoms with van der Waals surface area (Å²) in [6.45, 7) is 4.13. The molecule has 1 aromatic rings. The molecule has 0 unspecified atom stereocenters. The summed E-state index contributed by atoms with van der Waals surface area (Å²) in [5, 5.41) is 2.85. The van der Waals surface area contributed by atoms with E-state index >= 15 is 0 Å². The minimum absolute atomic E-state index is 0.0321. The Bertz CT molecular complexity index is 372. The third kappa shape index (κ3) is 3.85. The lowest BCUT2D eigenvalue weighted by atomic mass is 10.2. The number of amides is 1. The zero-order valence-corrected chi connectivity index (χ0v) is 11.3. The fourth-order valence-electron chi connectivity index (χ4n) is 1.17. The Hall–Kier alpha value is -1.03. The lowest BCUT2D eigenvalue weighted by molar-refractivity contribution is -0.122. The zero-order chi connectivity index (χ0) is 12.2. The highest BCUT2D eigenvalue weighted by molar-refractivity contribution is 9.10. The number of alkyl halides is 1. The molecule has 0 fully saturated rings. The van der Waals surface area contributed by atoms with Gasteiger partial charge in [-0.05, 0) is 31.5 Å². The van der Waals surface area contributed by atoms with Crippen molar-refractivity contribution in [3.63, 3.8) is 0 Å². The van der Waals surface area contributed by atoms with Gasteiger partial charge < -0.3 is 10.1 Å². The molecule has 0 aliphatic rings. The van der Waals surface area contributed by atoms with Crippen LogP contribution in [0.4, 0.5) is 0 Å². The van der Waals surface area contributed by atoms with Crippen LogP contribution in [0.15, 0.2) is 24.3 Å². The van der Waals surface area contributed by atoms with Crippen molar-refractivity contribution in [2.45, 2.75) is 24.7 Å². The number of nitrogens with one attached hydrogen (secondary N) is 1. The minimum atomic E-state index is -0.536. The van der Waals surface area contributed by atoms with Crippen LogP contribution in [-0.2, 0) is 11.3 Å². The van der Waals surface area contributed by atoms with Crippen LogP contribution in [0, 0.1) is 0 Å². The van der Waals surface area contributed by atoms with Gasteiger partial charge in [-0.25, -0.2) is 0 Å². The third-order valence-electron chi connectivity index (χ3n) is 2.13. The first-order valence-corrected chi connectivity index (χ1v) is 5.83. The van der Waals surface area contributed by atoms with Gasteiger partial charge in [-0.2, -0.15) is 0 Å². The van der Waals surface area contributed by atoms with Crippen LogP contribution in [-0.4, -0.2) is 17.3 Å². The van der Waals surface area contributed by atoms with Gasteiger partial charge in [0.2, 0.25) is 5.91 Å². The molecule has 0 aliphatic carbocycles. The lowest BCUT2D eigenvalue weighted by Gasteiger charge is -2.15. The summed E-state index contributed by atoms with van der Waals surface area (Å²) in [5.74, 6) is 0.764. The molecule has 0 bridgehead atoms. The molecular formula is C12H16BrNO2. The first-order chi connectivity index (χ1) is 7.43. The van der Waals surface area contributed by atoms with Crippen LogP contribution < -0.4 is 10.1 Å². The highest BCUT2D eigenvalue weighted by Gasteiger charge is 2.22. The third-order valence-corrected chi connectivity index (χ3v) is 2.49. The van der Waals surface area contributed by atoms with Gasteiger partial charge in [0.25, 0.3) is 0 Å². The van der Waals surface area contributed by atoms with E-state index in [1.54, 1.807) is 7.11 Å². The highest BCUT2D eigenvalue weighted by Crippen LogP contribution is 2.16. The fourth-order valence-corrected chi connectivity index (χ4v) is 1.32. The molecule has 4 heteroatoms. The van der Waals surface area contributed by atoms with Crippen LogP contribution >= 0.6 is 15.9 Å². The monoisotopic (exact) mass is 285 g/mol. The molecule has 16 heavy (non-hydrogen) atoms. The predicted molar refractivity (Wildman–Crippen MR) is 67.8 cm³/mol. The maximum atomic E-state index is 11.6. The number of carbonyl (C=O) groups is 1. The lowest BCUT2D eigenvalue weighted by Crippen LogP contribution is -2.36. The Morgan fingerprint density at radius 2 is 2.19 bits per heavy atom. The van der Waals surface area contributed by atoms with E-state index in [9.17, 15) is 4.79 Å². The maximum Gasteiger partial charge on any atom is 0.236 e. The van der Waals surface area contributed by atoms with Crippen molar-refractivity contribution in [2.24, 2.45) is 0 Å². The van der Waals surface area contributed by atoms with Crippen LogP contribution in [0.3, 0.4) is 0 Å². The average molecular weight is 286 g/mol. The summed E-state index contributed by atoms with van der Waals surface area (Å²) in [6, 6.07) is 7.63. The van der Waals surface area contributed by atoms with E-state index in [0.29, 0.717) is 6.54 Å². The number of rotatable bonds is 4. The van der Waals surface area contributed by atoms with Crippen molar-refractivity contribution in [3.05, 3.63) is 29.8 Å². The van der Waals surface area contributed by atoms with E-state index in [-0.39, 0.29) is 5.91 Å². The summed E-state index contributed by atoms with van der Waals surface area (Å²) >= 11 is 3.31. The first-order valence-electron chi connectivity index (χ1n) is 5.03. The molecule has 88 valence electrons. The molecule has 0 spiro atoms. The first kappa shape index (κ1) is 13.0. The van der Waals surface area contributed by atoms with E-state index < -0.39 is 4.32 Å². The van der Waals surface area contributed by atoms with Gasteiger partial charge >= 0.3 is 0 Å². The minimum Gasteiger partial charge on any atom is -0.497 e. The molecular weight excluding hydrogens is 270 g/mol. The average Bonchev–Trinajstić information content (AvgIpc) is 2.25. The van der Waals surface area contributed by atoms with Crippen molar-refractivity contribution >= 4 is 21.8 Å². The molecule has 1 amide bonds. The molecule has 0 atom stereocenters. The molecule has 0 saturated carbocycles. The number of carbonyl (C=O) groups excluding carboxylic acids is 1.